The monoisotopic (exact) mass is 429 g/mol. The van der Waals surface area contributed by atoms with Crippen LogP contribution >= 0.6 is 11.3 Å². The number of likely N-dealkylation sites (N-methyl/N-ethyl adjacent to an activating group) is 1. The van der Waals surface area contributed by atoms with Crippen LogP contribution in [0.5, 0.6) is 0 Å². The number of amides is 2. The standard InChI is InChI=1S/C22H31N5O2S/c1-4-26(14-21(29)25-24-20(28)12-22-23-16(2)15-30-22)19-10-11-27(13-19)17(3)18-8-6-5-7-9-18/h5-9,15,17,19H,4,10-14H2,1-3H3,(H,24,28)(H,25,29). The number of nitrogens with one attached hydrogen (secondary N) is 2. The van der Waals surface area contributed by atoms with Gasteiger partial charge in [0.2, 0.25) is 5.91 Å². The molecule has 1 aliphatic heterocycles. The molecule has 0 saturated carbocycles. The summed E-state index contributed by atoms with van der Waals surface area (Å²) in [6.45, 7) is 9.21. The van der Waals surface area contributed by atoms with Gasteiger partial charge in [0.05, 0.1) is 13.0 Å². The highest BCUT2D eigenvalue weighted by Crippen LogP contribution is 2.26. The van der Waals surface area contributed by atoms with E-state index in [4.69, 9.17) is 0 Å². The third-order valence-corrected chi connectivity index (χ3v) is 6.58. The van der Waals surface area contributed by atoms with Crippen molar-refractivity contribution in [3.05, 3.63) is 52.0 Å². The van der Waals surface area contributed by atoms with Gasteiger partial charge in [-0.2, -0.15) is 0 Å². The Morgan fingerprint density at radius 1 is 1.27 bits per heavy atom. The number of benzene rings is 1. The fraction of sp³-hybridized carbons (Fsp3) is 0.500. The van der Waals surface area contributed by atoms with Crippen molar-refractivity contribution in [1.82, 2.24) is 25.6 Å². The molecule has 1 aliphatic rings. The molecule has 2 N–H and O–H groups in total. The van der Waals surface area contributed by atoms with Crippen LogP contribution in [0.15, 0.2) is 35.7 Å². The van der Waals surface area contributed by atoms with Crippen LogP contribution in [0.3, 0.4) is 0 Å². The lowest BCUT2D eigenvalue weighted by Gasteiger charge is -2.29. The predicted octanol–water partition coefficient (Wildman–Crippen LogP) is 2.30. The van der Waals surface area contributed by atoms with Crippen molar-refractivity contribution in [1.29, 1.82) is 0 Å². The quantitative estimate of drug-likeness (QED) is 0.630. The number of hydrazine groups is 1. The first-order valence-corrected chi connectivity index (χ1v) is 11.4. The second kappa shape index (κ2) is 10.7. The molecule has 1 fully saturated rings. The van der Waals surface area contributed by atoms with Crippen LogP contribution in [-0.2, 0) is 16.0 Å². The van der Waals surface area contributed by atoms with Gasteiger partial charge in [0.25, 0.3) is 5.91 Å². The van der Waals surface area contributed by atoms with Gasteiger partial charge in [0, 0.05) is 36.2 Å². The molecular weight excluding hydrogens is 398 g/mol. The van der Waals surface area contributed by atoms with Gasteiger partial charge < -0.3 is 0 Å². The van der Waals surface area contributed by atoms with Crippen molar-refractivity contribution in [2.45, 2.75) is 45.7 Å². The highest BCUT2D eigenvalue weighted by Gasteiger charge is 2.30. The molecule has 3 rings (SSSR count). The average molecular weight is 430 g/mol. The SMILES string of the molecule is CCN(CC(=O)NNC(=O)Cc1nc(C)cs1)C1CCN(C(C)c2ccccc2)C1. The van der Waals surface area contributed by atoms with Crippen molar-refractivity contribution in [3.63, 3.8) is 0 Å². The number of aryl methyl sites for hydroxylation is 1. The van der Waals surface area contributed by atoms with E-state index in [9.17, 15) is 9.59 Å². The van der Waals surface area contributed by atoms with Gasteiger partial charge in [0.15, 0.2) is 0 Å². The Balaban J connectivity index is 1.44. The van der Waals surface area contributed by atoms with Gasteiger partial charge in [0.1, 0.15) is 5.01 Å². The summed E-state index contributed by atoms with van der Waals surface area (Å²) in [5.41, 5.74) is 7.26. The largest absolute Gasteiger partial charge is 0.295 e. The molecule has 8 heteroatoms. The Morgan fingerprint density at radius 2 is 2.00 bits per heavy atom. The van der Waals surface area contributed by atoms with Crippen LogP contribution in [0.25, 0.3) is 0 Å². The smallest absolute Gasteiger partial charge is 0.252 e. The molecule has 1 aromatic carbocycles. The topological polar surface area (TPSA) is 77.6 Å². The van der Waals surface area contributed by atoms with Gasteiger partial charge in [-0.15, -0.1) is 11.3 Å². The van der Waals surface area contributed by atoms with Gasteiger partial charge in [-0.25, -0.2) is 4.98 Å². The van der Waals surface area contributed by atoms with Gasteiger partial charge in [-0.3, -0.25) is 30.2 Å². The number of carbonyl (C=O) groups is 2. The van der Waals surface area contributed by atoms with Crippen molar-refractivity contribution in [2.24, 2.45) is 0 Å². The fourth-order valence-electron chi connectivity index (χ4n) is 3.89. The molecule has 2 heterocycles. The van der Waals surface area contributed by atoms with Crippen LogP contribution in [0.2, 0.25) is 0 Å². The zero-order valence-electron chi connectivity index (χ0n) is 17.9. The summed E-state index contributed by atoms with van der Waals surface area (Å²) in [4.78, 5) is 33.3. The zero-order valence-corrected chi connectivity index (χ0v) is 18.7. The molecule has 0 bridgehead atoms. The van der Waals surface area contributed by atoms with Crippen molar-refractivity contribution in [3.8, 4) is 0 Å². The maximum absolute atomic E-state index is 12.4. The summed E-state index contributed by atoms with van der Waals surface area (Å²) in [7, 11) is 0. The molecule has 2 unspecified atom stereocenters. The van der Waals surface area contributed by atoms with E-state index < -0.39 is 0 Å². The summed E-state index contributed by atoms with van der Waals surface area (Å²) in [6, 6.07) is 11.2. The number of aromatic nitrogens is 1. The van der Waals surface area contributed by atoms with E-state index in [1.165, 1.54) is 16.9 Å². The van der Waals surface area contributed by atoms with Gasteiger partial charge in [-0.1, -0.05) is 37.3 Å². The summed E-state index contributed by atoms with van der Waals surface area (Å²) < 4.78 is 0. The van der Waals surface area contributed by atoms with Crippen molar-refractivity contribution >= 4 is 23.2 Å². The summed E-state index contributed by atoms with van der Waals surface area (Å²) in [5.74, 6) is -0.459. The van der Waals surface area contributed by atoms with Gasteiger partial charge >= 0.3 is 0 Å². The maximum Gasteiger partial charge on any atom is 0.252 e. The molecule has 2 amide bonds. The molecule has 0 aliphatic carbocycles. The lowest BCUT2D eigenvalue weighted by molar-refractivity contribution is -0.129. The molecule has 0 spiro atoms. The minimum Gasteiger partial charge on any atom is -0.295 e. The van der Waals surface area contributed by atoms with Crippen LogP contribution in [0.4, 0.5) is 0 Å². The Labute approximate surface area is 182 Å². The molecule has 2 aromatic rings. The third-order valence-electron chi connectivity index (χ3n) is 5.61. The Kier molecular flexibility index (Phi) is 7.95. The maximum atomic E-state index is 12.4. The normalized spacial score (nSPS) is 17.8. The van der Waals surface area contributed by atoms with Crippen molar-refractivity contribution in [2.75, 3.05) is 26.2 Å². The number of nitrogens with zero attached hydrogens (tertiary/aromatic N) is 3. The molecule has 2 atom stereocenters. The van der Waals surface area contributed by atoms with Crippen LogP contribution < -0.4 is 10.9 Å². The van der Waals surface area contributed by atoms with E-state index in [-0.39, 0.29) is 24.8 Å². The Morgan fingerprint density at radius 3 is 2.67 bits per heavy atom. The first kappa shape index (κ1) is 22.4. The number of hydrogen-bond donors (Lipinski definition) is 2. The third kappa shape index (κ3) is 6.10. The second-order valence-corrected chi connectivity index (χ2v) is 8.69. The number of likely N-dealkylation sites (tertiary alicyclic amines) is 1. The number of hydrogen-bond acceptors (Lipinski definition) is 6. The molecule has 1 saturated heterocycles. The van der Waals surface area contributed by atoms with Gasteiger partial charge in [-0.05, 0) is 32.4 Å². The molecule has 30 heavy (non-hydrogen) atoms. The zero-order chi connectivity index (χ0) is 21.5. The number of carbonyl (C=O) groups excluding carboxylic acids is 2. The first-order chi connectivity index (χ1) is 14.5. The minimum atomic E-state index is -0.260. The van der Waals surface area contributed by atoms with E-state index in [0.29, 0.717) is 12.1 Å². The molecule has 1 aromatic heterocycles. The van der Waals surface area contributed by atoms with E-state index in [0.717, 1.165) is 36.8 Å². The van der Waals surface area contributed by atoms with E-state index in [1.54, 1.807) is 0 Å². The average Bonchev–Trinajstić information content (AvgIpc) is 3.40. The lowest BCUT2D eigenvalue weighted by atomic mass is 10.1. The van der Waals surface area contributed by atoms with E-state index in [1.807, 2.05) is 18.4 Å². The van der Waals surface area contributed by atoms with E-state index in [2.05, 4.69) is 63.7 Å². The summed E-state index contributed by atoms with van der Waals surface area (Å²) in [5, 5.41) is 2.65. The number of thiazole rings is 1. The van der Waals surface area contributed by atoms with Crippen LogP contribution in [0, 0.1) is 6.92 Å². The number of rotatable bonds is 8. The van der Waals surface area contributed by atoms with E-state index >= 15 is 0 Å². The van der Waals surface area contributed by atoms with Crippen LogP contribution in [0.1, 0.15) is 42.6 Å². The molecule has 0 radical (unpaired) electrons. The molecular formula is C22H31N5O2S. The predicted molar refractivity (Wildman–Crippen MR) is 119 cm³/mol. The highest BCUT2D eigenvalue weighted by atomic mass is 32.1. The Bertz CT molecular complexity index is 841. The fourth-order valence-corrected chi connectivity index (χ4v) is 4.66. The lowest BCUT2D eigenvalue weighted by Crippen LogP contribution is -2.49. The molecule has 7 nitrogen and oxygen atoms in total. The second-order valence-electron chi connectivity index (χ2n) is 7.74. The molecule has 162 valence electrons. The summed E-state index contributed by atoms with van der Waals surface area (Å²) >= 11 is 1.45. The first-order valence-electron chi connectivity index (χ1n) is 10.5. The Hall–Kier alpha value is -2.29. The van der Waals surface area contributed by atoms with Crippen LogP contribution in [-0.4, -0.2) is 58.8 Å². The van der Waals surface area contributed by atoms with Crippen molar-refractivity contribution < 1.29 is 9.59 Å². The summed E-state index contributed by atoms with van der Waals surface area (Å²) in [6.07, 6.45) is 1.21. The highest BCUT2D eigenvalue weighted by molar-refractivity contribution is 7.09. The minimum absolute atomic E-state index is 0.172.